The molecule has 0 aromatic heterocycles. The molecule has 0 spiro atoms. The summed E-state index contributed by atoms with van der Waals surface area (Å²) >= 11 is 0. The number of aromatic hydroxyl groups is 1. The van der Waals surface area contributed by atoms with Gasteiger partial charge in [0.25, 0.3) is 0 Å². The SMILES string of the molecule is C=CC=C.N=Cc1ccc(O)cc1. The highest BCUT2D eigenvalue weighted by Gasteiger charge is 1.85. The molecule has 2 N–H and O–H groups in total. The van der Waals surface area contributed by atoms with Crippen LogP contribution in [0.5, 0.6) is 5.75 Å². The Kier molecular flexibility index (Phi) is 5.89. The second kappa shape index (κ2) is 6.85. The lowest BCUT2D eigenvalue weighted by Crippen LogP contribution is -1.74. The number of phenolic OH excluding ortho intramolecular Hbond substituents is 1. The third-order valence-electron chi connectivity index (χ3n) is 1.23. The smallest absolute Gasteiger partial charge is 0.115 e. The summed E-state index contributed by atoms with van der Waals surface area (Å²) in [4.78, 5) is 0. The quantitative estimate of drug-likeness (QED) is 0.526. The van der Waals surface area contributed by atoms with Crippen LogP contribution < -0.4 is 0 Å². The zero-order chi connectivity index (χ0) is 10.1. The van der Waals surface area contributed by atoms with Gasteiger partial charge < -0.3 is 10.5 Å². The standard InChI is InChI=1S/C7H7NO.C4H6/c8-5-6-1-3-7(9)4-2-6;1-3-4-2/h1-5,8-9H;3-4H,1-2H2. The summed E-state index contributed by atoms with van der Waals surface area (Å²) in [5.74, 6) is 0.237. The Balaban J connectivity index is 0.000000310. The monoisotopic (exact) mass is 175 g/mol. The Hall–Kier alpha value is -1.83. The number of benzene rings is 1. The van der Waals surface area contributed by atoms with Gasteiger partial charge in [0.2, 0.25) is 0 Å². The first kappa shape index (κ1) is 11.2. The van der Waals surface area contributed by atoms with Crippen LogP contribution in [0.2, 0.25) is 0 Å². The van der Waals surface area contributed by atoms with Crippen molar-refractivity contribution in [3.63, 3.8) is 0 Å². The maximum atomic E-state index is 8.78. The van der Waals surface area contributed by atoms with Crippen LogP contribution >= 0.6 is 0 Å². The fourth-order valence-corrected chi connectivity index (χ4v) is 0.571. The van der Waals surface area contributed by atoms with Crippen LogP contribution in [0.25, 0.3) is 0 Å². The molecule has 0 aliphatic carbocycles. The minimum Gasteiger partial charge on any atom is -0.508 e. The molecular formula is C11H13NO. The number of allylic oxidation sites excluding steroid dienone is 2. The van der Waals surface area contributed by atoms with Gasteiger partial charge in [0, 0.05) is 6.21 Å². The predicted molar refractivity (Wildman–Crippen MR) is 56.4 cm³/mol. The van der Waals surface area contributed by atoms with Crippen molar-refractivity contribution in [1.29, 1.82) is 5.41 Å². The summed E-state index contributed by atoms with van der Waals surface area (Å²) in [7, 11) is 0. The van der Waals surface area contributed by atoms with Gasteiger partial charge in [0.1, 0.15) is 5.75 Å². The van der Waals surface area contributed by atoms with Crippen LogP contribution in [0.1, 0.15) is 5.56 Å². The molecule has 0 fully saturated rings. The van der Waals surface area contributed by atoms with E-state index in [9.17, 15) is 0 Å². The first-order chi connectivity index (χ1) is 6.24. The van der Waals surface area contributed by atoms with E-state index in [1.165, 1.54) is 6.21 Å². The van der Waals surface area contributed by atoms with Crippen molar-refractivity contribution in [2.45, 2.75) is 0 Å². The van der Waals surface area contributed by atoms with Crippen LogP contribution in [0.3, 0.4) is 0 Å². The predicted octanol–water partition coefficient (Wildman–Crippen LogP) is 2.75. The number of rotatable bonds is 2. The van der Waals surface area contributed by atoms with Crippen molar-refractivity contribution in [2.75, 3.05) is 0 Å². The molecule has 0 aliphatic heterocycles. The van der Waals surface area contributed by atoms with Gasteiger partial charge in [-0.15, -0.1) is 0 Å². The van der Waals surface area contributed by atoms with E-state index in [1.807, 2.05) is 0 Å². The van der Waals surface area contributed by atoms with Crippen LogP contribution in [0, 0.1) is 5.41 Å². The van der Waals surface area contributed by atoms with E-state index < -0.39 is 0 Å². The number of nitrogens with one attached hydrogen (secondary N) is 1. The van der Waals surface area contributed by atoms with E-state index in [0.29, 0.717) is 0 Å². The van der Waals surface area contributed by atoms with Crippen LogP contribution in [-0.4, -0.2) is 11.3 Å². The fourth-order valence-electron chi connectivity index (χ4n) is 0.571. The largest absolute Gasteiger partial charge is 0.508 e. The van der Waals surface area contributed by atoms with E-state index in [-0.39, 0.29) is 5.75 Å². The average Bonchev–Trinajstić information content (AvgIpc) is 2.19. The van der Waals surface area contributed by atoms with Gasteiger partial charge in [0.05, 0.1) is 0 Å². The third kappa shape index (κ3) is 5.44. The molecule has 1 rings (SSSR count). The fraction of sp³-hybridized carbons (Fsp3) is 0. The van der Waals surface area contributed by atoms with Crippen molar-refractivity contribution in [2.24, 2.45) is 0 Å². The molecule has 0 amide bonds. The summed E-state index contributed by atoms with van der Waals surface area (Å²) in [6, 6.07) is 6.48. The molecule has 1 aromatic rings. The van der Waals surface area contributed by atoms with Crippen molar-refractivity contribution < 1.29 is 5.11 Å². The molecule has 2 heteroatoms. The molecule has 1 aromatic carbocycles. The van der Waals surface area contributed by atoms with E-state index in [4.69, 9.17) is 10.5 Å². The minimum absolute atomic E-state index is 0.237. The lowest BCUT2D eigenvalue weighted by Gasteiger charge is -1.89. The van der Waals surface area contributed by atoms with Gasteiger partial charge in [-0.2, -0.15) is 0 Å². The summed E-state index contributed by atoms with van der Waals surface area (Å²) in [5, 5.41) is 15.6. The molecule has 0 bridgehead atoms. The van der Waals surface area contributed by atoms with Crippen molar-refractivity contribution >= 4 is 6.21 Å². The lowest BCUT2D eigenvalue weighted by molar-refractivity contribution is 0.475. The summed E-state index contributed by atoms with van der Waals surface area (Å²) in [6.45, 7) is 6.72. The Labute approximate surface area is 78.4 Å². The molecule has 0 unspecified atom stereocenters. The zero-order valence-electron chi connectivity index (χ0n) is 7.40. The zero-order valence-corrected chi connectivity index (χ0v) is 7.40. The van der Waals surface area contributed by atoms with Crippen molar-refractivity contribution in [3.05, 3.63) is 55.1 Å². The first-order valence-electron chi connectivity index (χ1n) is 3.77. The van der Waals surface area contributed by atoms with Crippen LogP contribution in [0.4, 0.5) is 0 Å². The maximum Gasteiger partial charge on any atom is 0.115 e. The van der Waals surface area contributed by atoms with Gasteiger partial charge in [0.15, 0.2) is 0 Å². The Morgan fingerprint density at radius 2 is 1.54 bits per heavy atom. The number of hydrogen-bond donors (Lipinski definition) is 2. The third-order valence-corrected chi connectivity index (χ3v) is 1.23. The average molecular weight is 175 g/mol. The van der Waals surface area contributed by atoms with Crippen LogP contribution in [-0.2, 0) is 0 Å². The normalized spacial score (nSPS) is 7.69. The Bertz CT molecular complexity index is 269. The Morgan fingerprint density at radius 1 is 1.08 bits per heavy atom. The topological polar surface area (TPSA) is 44.1 Å². The van der Waals surface area contributed by atoms with Gasteiger partial charge in [-0.05, 0) is 29.8 Å². The molecule has 0 saturated heterocycles. The van der Waals surface area contributed by atoms with E-state index in [2.05, 4.69) is 13.2 Å². The molecular weight excluding hydrogens is 162 g/mol. The van der Waals surface area contributed by atoms with E-state index >= 15 is 0 Å². The summed E-state index contributed by atoms with van der Waals surface area (Å²) in [5.41, 5.74) is 0.799. The first-order valence-corrected chi connectivity index (χ1v) is 3.77. The second-order valence-electron chi connectivity index (χ2n) is 2.21. The number of phenols is 1. The molecule has 0 radical (unpaired) electrons. The summed E-state index contributed by atoms with van der Waals surface area (Å²) in [6.07, 6.45) is 4.51. The van der Waals surface area contributed by atoms with Gasteiger partial charge in [-0.25, -0.2) is 0 Å². The van der Waals surface area contributed by atoms with E-state index in [0.717, 1.165) is 5.56 Å². The van der Waals surface area contributed by atoms with Gasteiger partial charge in [-0.3, -0.25) is 0 Å². The van der Waals surface area contributed by atoms with E-state index in [1.54, 1.807) is 36.4 Å². The highest BCUT2D eigenvalue weighted by atomic mass is 16.3. The molecule has 0 aliphatic rings. The van der Waals surface area contributed by atoms with Crippen molar-refractivity contribution in [1.82, 2.24) is 0 Å². The van der Waals surface area contributed by atoms with Crippen LogP contribution in [0.15, 0.2) is 49.6 Å². The summed E-state index contributed by atoms with van der Waals surface area (Å²) < 4.78 is 0. The molecule has 0 heterocycles. The minimum atomic E-state index is 0.237. The maximum absolute atomic E-state index is 8.78. The molecule has 0 saturated carbocycles. The highest BCUT2D eigenvalue weighted by Crippen LogP contribution is 2.06. The molecule has 68 valence electrons. The highest BCUT2D eigenvalue weighted by molar-refractivity contribution is 5.76. The second-order valence-corrected chi connectivity index (χ2v) is 2.21. The molecule has 13 heavy (non-hydrogen) atoms. The van der Waals surface area contributed by atoms with Gasteiger partial charge in [-0.1, -0.05) is 25.3 Å². The lowest BCUT2D eigenvalue weighted by atomic mass is 10.2. The number of hydrogen-bond acceptors (Lipinski definition) is 2. The van der Waals surface area contributed by atoms with Gasteiger partial charge >= 0.3 is 0 Å². The molecule has 0 atom stereocenters. The molecule has 2 nitrogen and oxygen atoms in total. The van der Waals surface area contributed by atoms with Crippen molar-refractivity contribution in [3.8, 4) is 5.75 Å². The Morgan fingerprint density at radius 3 is 1.85 bits per heavy atom.